The fourth-order valence-electron chi connectivity index (χ4n) is 6.57. The molecule has 0 radical (unpaired) electrons. The van der Waals surface area contributed by atoms with Crippen molar-refractivity contribution in [2.75, 3.05) is 31.7 Å². The molecule has 3 fully saturated rings. The molecule has 0 spiro atoms. The Hall–Kier alpha value is -2.18. The molecule has 5 unspecified atom stereocenters. The SMILES string of the molecule is COc1ccc2c(c1)C13CCNCC4=CCOC5CC(=O)N2C1C5C4CC3=O. The largest absolute Gasteiger partial charge is 0.497 e. The number of hydrogen-bond acceptors (Lipinski definition) is 5. The molecule has 1 amide bonds. The number of anilines is 1. The fourth-order valence-corrected chi connectivity index (χ4v) is 6.57. The number of Topliss-reactive ketones (excluding diaryl/α,β-unsaturated/α-hetero) is 1. The monoisotopic (exact) mass is 380 g/mol. The van der Waals surface area contributed by atoms with E-state index in [2.05, 4.69) is 11.4 Å². The number of amides is 1. The standard InChI is InChI=1S/C22H24N2O4/c1-27-13-2-3-16-15(8-13)22-5-6-23-11-12-4-7-28-17-10-19(26)24(16)21(22)20(17)14(12)9-18(22)25/h2-4,8,14,17,20-21,23H,5-7,9-11H2,1H3. The van der Waals surface area contributed by atoms with Gasteiger partial charge in [0, 0.05) is 24.6 Å². The Balaban J connectivity index is 1.65. The molecule has 1 aromatic rings. The Morgan fingerprint density at radius 2 is 2.18 bits per heavy atom. The third-order valence-corrected chi connectivity index (χ3v) is 7.69. The molecule has 28 heavy (non-hydrogen) atoms. The summed E-state index contributed by atoms with van der Waals surface area (Å²) in [6.45, 7) is 2.08. The summed E-state index contributed by atoms with van der Waals surface area (Å²) in [5.41, 5.74) is 2.46. The van der Waals surface area contributed by atoms with Crippen molar-refractivity contribution in [1.82, 2.24) is 5.32 Å². The average molecular weight is 380 g/mol. The number of ketones is 1. The van der Waals surface area contributed by atoms with Crippen molar-refractivity contribution in [3.63, 3.8) is 0 Å². The van der Waals surface area contributed by atoms with Crippen LogP contribution in [0.15, 0.2) is 29.8 Å². The molecule has 4 aliphatic heterocycles. The molecule has 6 nitrogen and oxygen atoms in total. The van der Waals surface area contributed by atoms with E-state index in [-0.39, 0.29) is 35.7 Å². The highest BCUT2D eigenvalue weighted by Crippen LogP contribution is 2.60. The predicted octanol–water partition coefficient (Wildman–Crippen LogP) is 1.58. The number of nitrogens with one attached hydrogen (secondary N) is 1. The molecule has 146 valence electrons. The first-order valence-corrected chi connectivity index (χ1v) is 10.2. The van der Waals surface area contributed by atoms with Gasteiger partial charge in [-0.2, -0.15) is 0 Å². The highest BCUT2D eigenvalue weighted by Gasteiger charge is 2.67. The number of rotatable bonds is 1. The molecule has 4 heterocycles. The molecule has 0 aromatic heterocycles. The molecular weight excluding hydrogens is 356 g/mol. The Morgan fingerprint density at radius 3 is 3.04 bits per heavy atom. The van der Waals surface area contributed by atoms with E-state index in [0.717, 1.165) is 30.1 Å². The van der Waals surface area contributed by atoms with Gasteiger partial charge in [0.15, 0.2) is 0 Å². The van der Waals surface area contributed by atoms with Gasteiger partial charge in [-0.3, -0.25) is 9.59 Å². The second-order valence-corrected chi connectivity index (χ2v) is 8.66. The Bertz CT molecular complexity index is 925. The first kappa shape index (κ1) is 16.7. The summed E-state index contributed by atoms with van der Waals surface area (Å²) in [5, 5.41) is 3.55. The number of carbonyl (C=O) groups excluding carboxylic acids is 2. The van der Waals surface area contributed by atoms with Crippen LogP contribution in [-0.4, -0.2) is 50.6 Å². The smallest absolute Gasteiger partial charge is 0.229 e. The molecule has 5 aliphatic rings. The van der Waals surface area contributed by atoms with Crippen molar-refractivity contribution < 1.29 is 19.1 Å². The number of hydrogen-bond donors (Lipinski definition) is 1. The van der Waals surface area contributed by atoms with E-state index in [1.165, 1.54) is 5.57 Å². The van der Waals surface area contributed by atoms with Gasteiger partial charge in [0.25, 0.3) is 0 Å². The minimum atomic E-state index is -0.671. The van der Waals surface area contributed by atoms with Crippen LogP contribution in [0.1, 0.15) is 24.8 Å². The molecule has 5 atom stereocenters. The summed E-state index contributed by atoms with van der Waals surface area (Å²) >= 11 is 0. The maximum absolute atomic E-state index is 13.8. The van der Waals surface area contributed by atoms with Crippen molar-refractivity contribution >= 4 is 17.4 Å². The number of ether oxygens (including phenoxy) is 2. The van der Waals surface area contributed by atoms with Crippen molar-refractivity contribution in [2.45, 2.75) is 36.8 Å². The summed E-state index contributed by atoms with van der Waals surface area (Å²) in [4.78, 5) is 29.0. The first-order valence-electron chi connectivity index (χ1n) is 10.2. The molecule has 6 heteroatoms. The zero-order chi connectivity index (χ0) is 19.0. The van der Waals surface area contributed by atoms with E-state index < -0.39 is 5.41 Å². The predicted molar refractivity (Wildman–Crippen MR) is 102 cm³/mol. The van der Waals surface area contributed by atoms with Crippen molar-refractivity contribution in [2.24, 2.45) is 11.8 Å². The fraction of sp³-hybridized carbons (Fsp3) is 0.545. The molecule has 1 N–H and O–H groups in total. The molecule has 4 bridgehead atoms. The minimum absolute atomic E-state index is 0.0728. The number of fused-ring (bicyclic) bond motifs is 2. The molecular formula is C22H24N2O4. The summed E-state index contributed by atoms with van der Waals surface area (Å²) in [6.07, 6.45) is 3.65. The van der Waals surface area contributed by atoms with E-state index >= 15 is 0 Å². The maximum atomic E-state index is 13.8. The van der Waals surface area contributed by atoms with Crippen LogP contribution in [0.25, 0.3) is 0 Å². The number of carbonyl (C=O) groups is 2. The van der Waals surface area contributed by atoms with E-state index in [1.807, 2.05) is 23.1 Å². The molecule has 6 rings (SSSR count). The maximum Gasteiger partial charge on any atom is 0.229 e. The van der Waals surface area contributed by atoms with Gasteiger partial charge in [0.2, 0.25) is 5.91 Å². The highest BCUT2D eigenvalue weighted by atomic mass is 16.5. The number of piperidine rings is 1. The zero-order valence-electron chi connectivity index (χ0n) is 15.9. The minimum Gasteiger partial charge on any atom is -0.497 e. The normalized spacial score (nSPS) is 38.2. The van der Waals surface area contributed by atoms with Gasteiger partial charge >= 0.3 is 0 Å². The molecule has 1 aliphatic carbocycles. The summed E-state index contributed by atoms with van der Waals surface area (Å²) in [6, 6.07) is 5.68. The van der Waals surface area contributed by atoms with Crippen molar-refractivity contribution in [3.05, 3.63) is 35.4 Å². The summed E-state index contributed by atoms with van der Waals surface area (Å²) in [7, 11) is 1.64. The number of nitrogens with zero attached hydrogens (tertiary/aromatic N) is 1. The van der Waals surface area contributed by atoms with Gasteiger partial charge in [-0.15, -0.1) is 0 Å². The summed E-state index contributed by atoms with van der Waals surface area (Å²) < 4.78 is 11.7. The lowest BCUT2D eigenvalue weighted by Crippen LogP contribution is -2.66. The molecule has 2 saturated heterocycles. The quantitative estimate of drug-likeness (QED) is 0.750. The van der Waals surface area contributed by atoms with Crippen molar-refractivity contribution in [3.8, 4) is 5.75 Å². The molecule has 1 aromatic carbocycles. The number of methoxy groups -OCH3 is 1. The highest BCUT2D eigenvalue weighted by molar-refractivity contribution is 6.06. The third-order valence-electron chi connectivity index (χ3n) is 7.69. The first-order chi connectivity index (χ1) is 13.6. The van der Waals surface area contributed by atoms with Gasteiger partial charge < -0.3 is 19.7 Å². The van der Waals surface area contributed by atoms with E-state index in [1.54, 1.807) is 7.11 Å². The van der Waals surface area contributed by atoms with Crippen LogP contribution in [0.5, 0.6) is 5.75 Å². The second kappa shape index (κ2) is 5.67. The Labute approximate surface area is 163 Å². The lowest BCUT2D eigenvalue weighted by atomic mass is 9.55. The topological polar surface area (TPSA) is 67.9 Å². The Morgan fingerprint density at radius 1 is 1.29 bits per heavy atom. The van der Waals surface area contributed by atoms with Crippen LogP contribution in [0.4, 0.5) is 5.69 Å². The van der Waals surface area contributed by atoms with E-state index in [4.69, 9.17) is 9.47 Å². The van der Waals surface area contributed by atoms with Gasteiger partial charge in [0.05, 0.1) is 37.7 Å². The van der Waals surface area contributed by atoms with Crippen LogP contribution in [0.3, 0.4) is 0 Å². The van der Waals surface area contributed by atoms with Crippen LogP contribution in [-0.2, 0) is 19.7 Å². The second-order valence-electron chi connectivity index (χ2n) is 8.66. The van der Waals surface area contributed by atoms with Gasteiger partial charge in [0.1, 0.15) is 11.5 Å². The molecule has 1 saturated carbocycles. The van der Waals surface area contributed by atoms with E-state index in [9.17, 15) is 9.59 Å². The van der Waals surface area contributed by atoms with Crippen LogP contribution in [0.2, 0.25) is 0 Å². The van der Waals surface area contributed by atoms with Crippen LogP contribution < -0.4 is 15.0 Å². The number of benzene rings is 1. The third kappa shape index (κ3) is 1.90. The van der Waals surface area contributed by atoms with Crippen LogP contribution >= 0.6 is 0 Å². The van der Waals surface area contributed by atoms with Gasteiger partial charge in [-0.25, -0.2) is 0 Å². The van der Waals surface area contributed by atoms with Gasteiger partial charge in [-0.1, -0.05) is 11.6 Å². The van der Waals surface area contributed by atoms with E-state index in [0.29, 0.717) is 25.9 Å². The summed E-state index contributed by atoms with van der Waals surface area (Å²) in [5.74, 6) is 1.37. The van der Waals surface area contributed by atoms with Gasteiger partial charge in [-0.05, 0) is 42.6 Å². The Kier molecular flexibility index (Phi) is 3.39. The average Bonchev–Trinajstić information content (AvgIpc) is 2.95. The van der Waals surface area contributed by atoms with Crippen molar-refractivity contribution in [1.29, 1.82) is 0 Å². The lowest BCUT2D eigenvalue weighted by Gasteiger charge is -2.53. The van der Waals surface area contributed by atoms with Crippen LogP contribution in [0, 0.1) is 11.8 Å². The lowest BCUT2D eigenvalue weighted by molar-refractivity contribution is -0.140. The zero-order valence-corrected chi connectivity index (χ0v) is 15.9.